The molecule has 0 fully saturated rings. The SMILES string of the molecule is C=C(CNC(C)C)CN(CCOC)C(C)CC. The van der Waals surface area contributed by atoms with E-state index in [0.29, 0.717) is 12.1 Å². The standard InChI is InChI=1S/C14H30N2O/c1-7-14(5)16(8-9-17-6)11-13(4)10-15-12(2)3/h12,14-15H,4,7-11H2,1-3,5-6H3. The maximum Gasteiger partial charge on any atom is 0.0589 e. The lowest BCUT2D eigenvalue weighted by molar-refractivity contribution is 0.129. The van der Waals surface area contributed by atoms with E-state index in [1.807, 2.05) is 0 Å². The Kier molecular flexibility index (Phi) is 9.41. The van der Waals surface area contributed by atoms with Crippen LogP contribution in [0.4, 0.5) is 0 Å². The molecule has 0 aromatic carbocycles. The monoisotopic (exact) mass is 242 g/mol. The first-order valence-corrected chi connectivity index (χ1v) is 6.64. The highest BCUT2D eigenvalue weighted by molar-refractivity contribution is 5.00. The Morgan fingerprint density at radius 1 is 1.35 bits per heavy atom. The minimum Gasteiger partial charge on any atom is -0.383 e. The van der Waals surface area contributed by atoms with Gasteiger partial charge >= 0.3 is 0 Å². The Morgan fingerprint density at radius 2 is 2.00 bits per heavy atom. The quantitative estimate of drug-likeness (QED) is 0.595. The summed E-state index contributed by atoms with van der Waals surface area (Å²) >= 11 is 0. The molecule has 0 saturated carbocycles. The molecule has 17 heavy (non-hydrogen) atoms. The van der Waals surface area contributed by atoms with Gasteiger partial charge in [-0.25, -0.2) is 0 Å². The molecule has 1 atom stereocenters. The average molecular weight is 242 g/mol. The fourth-order valence-electron chi connectivity index (χ4n) is 1.61. The second kappa shape index (κ2) is 9.63. The number of methoxy groups -OCH3 is 1. The van der Waals surface area contributed by atoms with Crippen LogP contribution in [0, 0.1) is 0 Å². The van der Waals surface area contributed by atoms with E-state index in [2.05, 4.69) is 44.5 Å². The van der Waals surface area contributed by atoms with E-state index in [-0.39, 0.29) is 0 Å². The Morgan fingerprint density at radius 3 is 2.47 bits per heavy atom. The van der Waals surface area contributed by atoms with Crippen LogP contribution in [0.5, 0.6) is 0 Å². The van der Waals surface area contributed by atoms with Gasteiger partial charge in [0.05, 0.1) is 6.61 Å². The zero-order valence-corrected chi connectivity index (χ0v) is 12.3. The molecule has 0 aliphatic heterocycles. The highest BCUT2D eigenvalue weighted by Crippen LogP contribution is 2.06. The molecule has 3 nitrogen and oxygen atoms in total. The minimum absolute atomic E-state index is 0.516. The van der Waals surface area contributed by atoms with Crippen molar-refractivity contribution >= 4 is 0 Å². The molecule has 0 aromatic heterocycles. The van der Waals surface area contributed by atoms with E-state index in [1.165, 1.54) is 5.57 Å². The second-order valence-electron chi connectivity index (χ2n) is 5.01. The summed E-state index contributed by atoms with van der Waals surface area (Å²) in [6, 6.07) is 1.10. The smallest absolute Gasteiger partial charge is 0.0589 e. The number of hydrogen-bond donors (Lipinski definition) is 1. The maximum atomic E-state index is 5.16. The fraction of sp³-hybridized carbons (Fsp3) is 0.857. The summed E-state index contributed by atoms with van der Waals surface area (Å²) < 4.78 is 5.16. The second-order valence-corrected chi connectivity index (χ2v) is 5.01. The molecule has 3 heteroatoms. The third-order valence-corrected chi connectivity index (χ3v) is 2.98. The lowest BCUT2D eigenvalue weighted by atomic mass is 10.2. The van der Waals surface area contributed by atoms with E-state index in [9.17, 15) is 0 Å². The highest BCUT2D eigenvalue weighted by atomic mass is 16.5. The molecule has 0 heterocycles. The molecule has 0 rings (SSSR count). The van der Waals surface area contributed by atoms with Gasteiger partial charge in [0.1, 0.15) is 0 Å². The van der Waals surface area contributed by atoms with E-state index in [4.69, 9.17) is 4.74 Å². The average Bonchev–Trinajstić information content (AvgIpc) is 2.30. The molecule has 0 spiro atoms. The molecular weight excluding hydrogens is 212 g/mol. The lowest BCUT2D eigenvalue weighted by Gasteiger charge is -2.29. The van der Waals surface area contributed by atoms with Gasteiger partial charge in [0.25, 0.3) is 0 Å². The highest BCUT2D eigenvalue weighted by Gasteiger charge is 2.12. The Bertz CT molecular complexity index is 204. The Balaban J connectivity index is 4.08. The van der Waals surface area contributed by atoms with Gasteiger partial charge in [0.15, 0.2) is 0 Å². The van der Waals surface area contributed by atoms with E-state index < -0.39 is 0 Å². The summed E-state index contributed by atoms with van der Waals surface area (Å²) in [6.07, 6.45) is 1.16. The van der Waals surface area contributed by atoms with E-state index >= 15 is 0 Å². The summed E-state index contributed by atoms with van der Waals surface area (Å²) in [5.41, 5.74) is 1.25. The molecule has 0 radical (unpaired) electrons. The van der Waals surface area contributed by atoms with Crippen LogP contribution in [0.15, 0.2) is 12.2 Å². The van der Waals surface area contributed by atoms with Gasteiger partial charge in [-0.1, -0.05) is 27.4 Å². The molecule has 0 saturated heterocycles. The number of nitrogens with zero attached hydrogens (tertiary/aromatic N) is 1. The van der Waals surface area contributed by atoms with E-state index in [0.717, 1.165) is 32.7 Å². The van der Waals surface area contributed by atoms with Crippen molar-refractivity contribution in [1.82, 2.24) is 10.2 Å². The van der Waals surface area contributed by atoms with Crippen LogP contribution in [0.2, 0.25) is 0 Å². The van der Waals surface area contributed by atoms with Crippen LogP contribution >= 0.6 is 0 Å². The van der Waals surface area contributed by atoms with Gasteiger partial charge in [-0.3, -0.25) is 4.90 Å². The van der Waals surface area contributed by atoms with Crippen LogP contribution in [0.1, 0.15) is 34.1 Å². The molecule has 1 N–H and O–H groups in total. The molecule has 0 aromatic rings. The Hall–Kier alpha value is -0.380. The van der Waals surface area contributed by atoms with Crippen molar-refractivity contribution in [3.8, 4) is 0 Å². The summed E-state index contributed by atoms with van der Waals surface area (Å²) in [6.45, 7) is 16.6. The first kappa shape index (κ1) is 16.6. The molecule has 102 valence electrons. The molecule has 0 aliphatic rings. The van der Waals surface area contributed by atoms with Crippen molar-refractivity contribution in [2.75, 3.05) is 33.4 Å². The number of nitrogens with one attached hydrogen (secondary N) is 1. The third kappa shape index (κ3) is 8.36. The van der Waals surface area contributed by atoms with Gasteiger partial charge in [-0.05, 0) is 18.9 Å². The van der Waals surface area contributed by atoms with Crippen molar-refractivity contribution < 1.29 is 4.74 Å². The fourth-order valence-corrected chi connectivity index (χ4v) is 1.61. The summed E-state index contributed by atoms with van der Waals surface area (Å²) in [5, 5.41) is 3.41. The van der Waals surface area contributed by atoms with Gasteiger partial charge in [0.2, 0.25) is 0 Å². The lowest BCUT2D eigenvalue weighted by Crippen LogP contribution is -2.38. The predicted molar refractivity (Wildman–Crippen MR) is 75.5 cm³/mol. The van der Waals surface area contributed by atoms with Crippen molar-refractivity contribution in [2.45, 2.75) is 46.2 Å². The largest absolute Gasteiger partial charge is 0.383 e. The molecule has 0 bridgehead atoms. The van der Waals surface area contributed by atoms with Crippen LogP contribution in [-0.2, 0) is 4.74 Å². The summed E-state index contributed by atoms with van der Waals surface area (Å²) in [4.78, 5) is 2.44. The third-order valence-electron chi connectivity index (χ3n) is 2.98. The van der Waals surface area contributed by atoms with Crippen LogP contribution < -0.4 is 5.32 Å². The molecule has 0 aliphatic carbocycles. The van der Waals surface area contributed by atoms with Gasteiger partial charge < -0.3 is 10.1 Å². The molecular formula is C14H30N2O. The van der Waals surface area contributed by atoms with Crippen LogP contribution in [-0.4, -0.2) is 50.3 Å². The van der Waals surface area contributed by atoms with Gasteiger partial charge in [-0.15, -0.1) is 0 Å². The summed E-state index contributed by atoms with van der Waals surface area (Å²) in [5.74, 6) is 0. The Labute approximate surface area is 107 Å². The number of hydrogen-bond acceptors (Lipinski definition) is 3. The maximum absolute atomic E-state index is 5.16. The van der Waals surface area contributed by atoms with Crippen molar-refractivity contribution in [3.05, 3.63) is 12.2 Å². The number of ether oxygens (including phenoxy) is 1. The first-order chi connectivity index (χ1) is 8.01. The number of rotatable bonds is 10. The van der Waals surface area contributed by atoms with Crippen molar-refractivity contribution in [2.24, 2.45) is 0 Å². The van der Waals surface area contributed by atoms with Crippen LogP contribution in [0.25, 0.3) is 0 Å². The molecule has 1 unspecified atom stereocenters. The minimum atomic E-state index is 0.516. The normalized spacial score (nSPS) is 13.4. The zero-order valence-electron chi connectivity index (χ0n) is 12.3. The predicted octanol–water partition coefficient (Wildman–Crippen LogP) is 2.29. The topological polar surface area (TPSA) is 24.5 Å². The van der Waals surface area contributed by atoms with Crippen molar-refractivity contribution in [3.63, 3.8) is 0 Å². The van der Waals surface area contributed by atoms with Gasteiger partial charge in [0, 0.05) is 38.8 Å². The summed E-state index contributed by atoms with van der Waals surface area (Å²) in [7, 11) is 1.75. The van der Waals surface area contributed by atoms with Gasteiger partial charge in [-0.2, -0.15) is 0 Å². The van der Waals surface area contributed by atoms with Crippen molar-refractivity contribution in [1.29, 1.82) is 0 Å². The first-order valence-electron chi connectivity index (χ1n) is 6.64. The molecule has 0 amide bonds. The van der Waals surface area contributed by atoms with Crippen LogP contribution in [0.3, 0.4) is 0 Å². The van der Waals surface area contributed by atoms with E-state index in [1.54, 1.807) is 7.11 Å². The zero-order chi connectivity index (χ0) is 13.3.